The number of hydrogen-bond donors (Lipinski definition) is 0. The summed E-state index contributed by atoms with van der Waals surface area (Å²) in [5, 5.41) is 0.918. The molecular formula is C32H27BrCl2N2O5S. The van der Waals surface area contributed by atoms with Crippen LogP contribution in [0.3, 0.4) is 0 Å². The highest BCUT2D eigenvalue weighted by atomic mass is 79.9. The zero-order chi connectivity index (χ0) is 30.7. The van der Waals surface area contributed by atoms with E-state index in [4.69, 9.17) is 42.4 Å². The highest BCUT2D eigenvalue weighted by Gasteiger charge is 2.33. The Morgan fingerprint density at radius 1 is 1.07 bits per heavy atom. The first kappa shape index (κ1) is 31.1. The van der Waals surface area contributed by atoms with Gasteiger partial charge in [0.2, 0.25) is 0 Å². The van der Waals surface area contributed by atoms with Crippen LogP contribution in [-0.2, 0) is 16.1 Å². The Bertz CT molecular complexity index is 1900. The number of esters is 1. The third-order valence-corrected chi connectivity index (χ3v) is 9.07. The molecule has 222 valence electrons. The molecule has 0 spiro atoms. The quantitative estimate of drug-likeness (QED) is 0.179. The van der Waals surface area contributed by atoms with Crippen molar-refractivity contribution in [2.24, 2.45) is 4.99 Å². The molecular weight excluding hydrogens is 675 g/mol. The van der Waals surface area contributed by atoms with Gasteiger partial charge in [-0.3, -0.25) is 9.36 Å². The van der Waals surface area contributed by atoms with Crippen molar-refractivity contribution in [3.05, 3.63) is 123 Å². The van der Waals surface area contributed by atoms with Gasteiger partial charge in [-0.15, -0.1) is 0 Å². The number of benzene rings is 3. The number of hydrogen-bond acceptors (Lipinski definition) is 7. The third-order valence-electron chi connectivity index (χ3n) is 6.76. The fourth-order valence-electron chi connectivity index (χ4n) is 4.83. The van der Waals surface area contributed by atoms with Gasteiger partial charge in [0.25, 0.3) is 5.56 Å². The van der Waals surface area contributed by atoms with Crippen LogP contribution in [0, 0.1) is 0 Å². The second-order valence-corrected chi connectivity index (χ2v) is 12.2. The average Bonchev–Trinajstić information content (AvgIpc) is 3.31. The number of nitrogens with zero attached hydrogens (tertiary/aromatic N) is 2. The molecule has 4 aromatic rings. The molecule has 0 saturated carbocycles. The van der Waals surface area contributed by atoms with Gasteiger partial charge in [0.05, 0.1) is 50.1 Å². The molecule has 1 aliphatic heterocycles. The van der Waals surface area contributed by atoms with E-state index in [2.05, 4.69) is 15.9 Å². The Morgan fingerprint density at radius 2 is 1.84 bits per heavy atom. The Hall–Kier alpha value is -3.37. The van der Waals surface area contributed by atoms with E-state index in [9.17, 15) is 9.59 Å². The summed E-state index contributed by atoms with van der Waals surface area (Å²) in [5.41, 5.74) is 3.06. The number of carbonyl (C=O) groups is 1. The molecule has 11 heteroatoms. The standard InChI is InChI=1S/C32H27BrCl2N2O5S/c1-4-24-27(31(39)40-3)28(20-9-7-6-8-10-20)37-30(38)26(43-32(37)36-24)16-19-13-21(33)29(25(15-19)41-5-2)42-17-18-11-12-22(34)23(35)14-18/h6-16,28H,4-5,17H2,1-3H3/b26-16+/t28-/m0/s1. The molecule has 0 fully saturated rings. The van der Waals surface area contributed by atoms with Gasteiger partial charge in [-0.2, -0.15) is 0 Å². The van der Waals surface area contributed by atoms with E-state index in [1.54, 1.807) is 22.8 Å². The molecule has 0 amide bonds. The lowest BCUT2D eigenvalue weighted by Gasteiger charge is -2.25. The van der Waals surface area contributed by atoms with Gasteiger partial charge < -0.3 is 14.2 Å². The topological polar surface area (TPSA) is 79.1 Å². The summed E-state index contributed by atoms with van der Waals surface area (Å²) in [6.45, 7) is 4.47. The Kier molecular flexibility index (Phi) is 9.76. The number of carbonyl (C=O) groups excluding carboxylic acids is 1. The smallest absolute Gasteiger partial charge is 0.338 e. The number of allylic oxidation sites excluding steroid dienone is 1. The summed E-state index contributed by atoms with van der Waals surface area (Å²) >= 11 is 17.1. The van der Waals surface area contributed by atoms with Crippen LogP contribution in [0.4, 0.5) is 0 Å². The molecule has 5 rings (SSSR count). The Morgan fingerprint density at radius 3 is 2.51 bits per heavy atom. The van der Waals surface area contributed by atoms with E-state index in [1.165, 1.54) is 18.4 Å². The van der Waals surface area contributed by atoms with Gasteiger partial charge in [0.1, 0.15) is 6.61 Å². The number of ether oxygens (including phenoxy) is 3. The Balaban J connectivity index is 1.58. The van der Waals surface area contributed by atoms with Crippen molar-refractivity contribution in [2.75, 3.05) is 13.7 Å². The van der Waals surface area contributed by atoms with E-state index in [-0.39, 0.29) is 12.2 Å². The summed E-state index contributed by atoms with van der Waals surface area (Å²) in [7, 11) is 1.33. The average molecular weight is 702 g/mol. The van der Waals surface area contributed by atoms with Gasteiger partial charge in [0.15, 0.2) is 16.3 Å². The molecule has 1 atom stereocenters. The fourth-order valence-corrected chi connectivity index (χ4v) is 6.74. The van der Waals surface area contributed by atoms with Crippen molar-refractivity contribution in [3.63, 3.8) is 0 Å². The predicted molar refractivity (Wildman–Crippen MR) is 173 cm³/mol. The van der Waals surface area contributed by atoms with Crippen LogP contribution in [0.25, 0.3) is 6.08 Å². The first-order chi connectivity index (χ1) is 20.7. The highest BCUT2D eigenvalue weighted by Crippen LogP contribution is 2.38. The molecule has 2 heterocycles. The van der Waals surface area contributed by atoms with Crippen molar-refractivity contribution in [3.8, 4) is 11.5 Å². The zero-order valence-electron chi connectivity index (χ0n) is 23.5. The first-order valence-electron chi connectivity index (χ1n) is 13.5. The lowest BCUT2D eigenvalue weighted by Crippen LogP contribution is -2.40. The van der Waals surface area contributed by atoms with E-state index < -0.39 is 12.0 Å². The maximum atomic E-state index is 13.9. The van der Waals surface area contributed by atoms with Gasteiger partial charge in [-0.25, -0.2) is 9.79 Å². The molecule has 0 N–H and O–H groups in total. The molecule has 0 bridgehead atoms. The minimum absolute atomic E-state index is 0.245. The Labute approximate surface area is 270 Å². The molecule has 0 radical (unpaired) electrons. The first-order valence-corrected chi connectivity index (χ1v) is 15.8. The third kappa shape index (κ3) is 6.45. The molecule has 0 unspecified atom stereocenters. The largest absolute Gasteiger partial charge is 0.490 e. The molecule has 0 saturated heterocycles. The maximum Gasteiger partial charge on any atom is 0.338 e. The number of methoxy groups -OCH3 is 1. The van der Waals surface area contributed by atoms with E-state index >= 15 is 0 Å². The maximum absolute atomic E-state index is 13.9. The second-order valence-electron chi connectivity index (χ2n) is 9.50. The van der Waals surface area contributed by atoms with Crippen LogP contribution in [0.5, 0.6) is 11.5 Å². The van der Waals surface area contributed by atoms with Gasteiger partial charge in [-0.1, -0.05) is 77.9 Å². The van der Waals surface area contributed by atoms with E-state index in [1.807, 2.05) is 62.4 Å². The molecule has 1 aliphatic rings. The number of rotatable bonds is 9. The van der Waals surface area contributed by atoms with E-state index in [0.717, 1.165) is 16.7 Å². The monoisotopic (exact) mass is 700 g/mol. The summed E-state index contributed by atoms with van der Waals surface area (Å²) in [5.74, 6) is 0.524. The van der Waals surface area contributed by atoms with Crippen molar-refractivity contribution in [1.29, 1.82) is 0 Å². The summed E-state index contributed by atoms with van der Waals surface area (Å²) in [6.07, 6.45) is 2.29. The summed E-state index contributed by atoms with van der Waals surface area (Å²) < 4.78 is 19.8. The molecule has 0 aliphatic carbocycles. The van der Waals surface area contributed by atoms with Crippen LogP contribution in [0.2, 0.25) is 10.0 Å². The number of thiazole rings is 1. The molecule has 3 aromatic carbocycles. The van der Waals surface area contributed by atoms with Gasteiger partial charge in [0, 0.05) is 0 Å². The van der Waals surface area contributed by atoms with E-state index in [0.29, 0.717) is 59.6 Å². The molecule has 43 heavy (non-hydrogen) atoms. The normalized spacial score (nSPS) is 14.7. The number of aromatic nitrogens is 1. The van der Waals surface area contributed by atoms with Gasteiger partial charge in [-0.05, 0) is 76.3 Å². The van der Waals surface area contributed by atoms with Crippen LogP contribution in [0.1, 0.15) is 43.0 Å². The minimum Gasteiger partial charge on any atom is -0.490 e. The fraction of sp³-hybridized carbons (Fsp3) is 0.219. The summed E-state index contributed by atoms with van der Waals surface area (Å²) in [6, 6.07) is 17.8. The predicted octanol–water partition coefficient (Wildman–Crippen LogP) is 6.85. The molecule has 7 nitrogen and oxygen atoms in total. The highest BCUT2D eigenvalue weighted by molar-refractivity contribution is 9.10. The van der Waals surface area contributed by atoms with Crippen LogP contribution < -0.4 is 24.4 Å². The molecule has 1 aromatic heterocycles. The van der Waals surface area contributed by atoms with Crippen LogP contribution in [0.15, 0.2) is 86.2 Å². The number of halogens is 3. The van der Waals surface area contributed by atoms with Crippen molar-refractivity contribution in [1.82, 2.24) is 4.57 Å². The summed E-state index contributed by atoms with van der Waals surface area (Å²) in [4.78, 5) is 32.2. The van der Waals surface area contributed by atoms with Gasteiger partial charge >= 0.3 is 5.97 Å². The lowest BCUT2D eigenvalue weighted by atomic mass is 9.95. The zero-order valence-corrected chi connectivity index (χ0v) is 27.4. The lowest BCUT2D eigenvalue weighted by molar-refractivity contribution is -0.136. The van der Waals surface area contributed by atoms with Crippen molar-refractivity contribution < 1.29 is 19.0 Å². The second kappa shape index (κ2) is 13.5. The number of fused-ring (bicyclic) bond motifs is 1. The van der Waals surface area contributed by atoms with Crippen molar-refractivity contribution in [2.45, 2.75) is 32.9 Å². The SMILES string of the molecule is CCOc1cc(/C=c2/sc3n(c2=O)[C@@H](c2ccccc2)C(C(=O)OC)=C(CC)N=3)cc(Br)c1OCc1ccc(Cl)c(Cl)c1. The van der Waals surface area contributed by atoms with Crippen molar-refractivity contribution >= 4 is 62.5 Å². The minimum atomic E-state index is -0.662. The van der Waals surface area contributed by atoms with Crippen LogP contribution in [-0.4, -0.2) is 24.3 Å². The van der Waals surface area contributed by atoms with Crippen LogP contribution >= 0.6 is 50.5 Å².